The Morgan fingerprint density at radius 3 is 2.67 bits per heavy atom. The van der Waals surface area contributed by atoms with Crippen molar-refractivity contribution in [1.82, 2.24) is 9.80 Å². The highest BCUT2D eigenvalue weighted by atomic mass is 32.2. The molecule has 24 heavy (non-hydrogen) atoms. The van der Waals surface area contributed by atoms with Gasteiger partial charge < -0.3 is 9.80 Å². The van der Waals surface area contributed by atoms with E-state index in [1.807, 2.05) is 43.6 Å². The summed E-state index contributed by atoms with van der Waals surface area (Å²) in [6, 6.07) is 8.34. The van der Waals surface area contributed by atoms with Gasteiger partial charge in [0.05, 0.1) is 5.25 Å². The van der Waals surface area contributed by atoms with Gasteiger partial charge >= 0.3 is 0 Å². The molecule has 0 aliphatic carbocycles. The molecule has 1 heterocycles. The molecule has 1 saturated heterocycles. The van der Waals surface area contributed by atoms with Gasteiger partial charge in [-0.2, -0.15) is 0 Å². The fourth-order valence-electron chi connectivity index (χ4n) is 3.00. The quantitative estimate of drug-likeness (QED) is 0.790. The first kappa shape index (κ1) is 18.8. The van der Waals surface area contributed by atoms with E-state index in [1.165, 1.54) is 5.56 Å². The highest BCUT2D eigenvalue weighted by Gasteiger charge is 2.38. The number of hydrogen-bond donors (Lipinski definition) is 0. The molecule has 0 spiro atoms. The number of nitrogens with zero attached hydrogens (tertiary/aromatic N) is 2. The number of rotatable bonds is 6. The van der Waals surface area contributed by atoms with Crippen LogP contribution in [0.2, 0.25) is 0 Å². The Morgan fingerprint density at radius 2 is 2.08 bits per heavy atom. The third-order valence-corrected chi connectivity index (χ3v) is 5.77. The van der Waals surface area contributed by atoms with Gasteiger partial charge in [-0.15, -0.1) is 11.8 Å². The van der Waals surface area contributed by atoms with Gasteiger partial charge in [0.15, 0.2) is 0 Å². The summed E-state index contributed by atoms with van der Waals surface area (Å²) in [5, 5.41) is 0.00615. The van der Waals surface area contributed by atoms with Crippen molar-refractivity contribution in [2.75, 3.05) is 19.6 Å². The molecule has 0 radical (unpaired) electrons. The summed E-state index contributed by atoms with van der Waals surface area (Å²) < 4.78 is 0. The topological polar surface area (TPSA) is 40.6 Å². The summed E-state index contributed by atoms with van der Waals surface area (Å²) >= 11 is 1.69. The molecule has 0 aromatic heterocycles. The van der Waals surface area contributed by atoms with E-state index < -0.39 is 0 Å². The summed E-state index contributed by atoms with van der Waals surface area (Å²) in [6.45, 7) is 11.7. The fourth-order valence-corrected chi connectivity index (χ4v) is 4.30. The van der Waals surface area contributed by atoms with Crippen LogP contribution in [0.4, 0.5) is 0 Å². The van der Waals surface area contributed by atoms with Crippen molar-refractivity contribution >= 4 is 23.6 Å². The molecular weight excluding hydrogens is 320 g/mol. The molecule has 0 saturated carbocycles. The van der Waals surface area contributed by atoms with Crippen LogP contribution in [-0.4, -0.2) is 46.5 Å². The molecule has 1 aliphatic heterocycles. The molecule has 2 amide bonds. The smallest absolute Gasteiger partial charge is 0.236 e. The van der Waals surface area contributed by atoms with Crippen LogP contribution in [0.25, 0.3) is 0 Å². The lowest BCUT2D eigenvalue weighted by Crippen LogP contribution is -2.42. The summed E-state index contributed by atoms with van der Waals surface area (Å²) in [5.41, 5.74) is 2.36. The van der Waals surface area contributed by atoms with Crippen molar-refractivity contribution in [2.45, 2.75) is 45.2 Å². The normalized spacial score (nSPS) is 20.8. The Kier molecular flexibility index (Phi) is 6.33. The van der Waals surface area contributed by atoms with E-state index in [0.717, 1.165) is 5.56 Å². The number of hydrogen-bond acceptors (Lipinski definition) is 3. The molecule has 0 N–H and O–H groups in total. The number of aryl methyl sites for hydroxylation is 1. The number of benzene rings is 1. The highest BCUT2D eigenvalue weighted by Crippen LogP contribution is 2.42. The number of thioether (sulfide) groups is 1. The van der Waals surface area contributed by atoms with Crippen molar-refractivity contribution in [3.8, 4) is 0 Å². The van der Waals surface area contributed by atoms with Gasteiger partial charge in [0.2, 0.25) is 11.8 Å². The standard InChI is InChI=1S/C19H28N2O2S/c1-6-20(17(22)13(2)3)10-11-21-18(23)15(5)24-19(21)16-9-7-8-14(4)12-16/h7-9,12-13,15,19H,6,10-11H2,1-5H3/t15-,19-/m0/s1. The van der Waals surface area contributed by atoms with Gasteiger partial charge in [0.25, 0.3) is 0 Å². The van der Waals surface area contributed by atoms with Crippen LogP contribution in [-0.2, 0) is 9.59 Å². The molecule has 2 atom stereocenters. The minimum atomic E-state index is -0.0358. The Hall–Kier alpha value is -1.49. The second-order valence-electron chi connectivity index (χ2n) is 6.65. The Morgan fingerprint density at radius 1 is 1.38 bits per heavy atom. The zero-order valence-electron chi connectivity index (χ0n) is 15.3. The van der Waals surface area contributed by atoms with Gasteiger partial charge in [0, 0.05) is 25.6 Å². The first-order chi connectivity index (χ1) is 11.3. The van der Waals surface area contributed by atoms with Crippen LogP contribution in [0.15, 0.2) is 24.3 Å². The van der Waals surface area contributed by atoms with Crippen LogP contribution >= 0.6 is 11.8 Å². The van der Waals surface area contributed by atoms with E-state index in [9.17, 15) is 9.59 Å². The van der Waals surface area contributed by atoms with Crippen molar-refractivity contribution < 1.29 is 9.59 Å². The van der Waals surface area contributed by atoms with Crippen LogP contribution in [0.3, 0.4) is 0 Å². The lowest BCUT2D eigenvalue weighted by atomic mass is 10.1. The van der Waals surface area contributed by atoms with Gasteiger partial charge in [-0.25, -0.2) is 0 Å². The molecule has 1 fully saturated rings. The number of carbonyl (C=O) groups excluding carboxylic acids is 2. The molecule has 2 rings (SSSR count). The minimum Gasteiger partial charge on any atom is -0.341 e. The Balaban J connectivity index is 2.13. The molecule has 1 aromatic carbocycles. The van der Waals surface area contributed by atoms with Crippen molar-refractivity contribution in [2.24, 2.45) is 5.92 Å². The third kappa shape index (κ3) is 4.12. The molecular formula is C19H28N2O2S. The lowest BCUT2D eigenvalue weighted by molar-refractivity contribution is -0.136. The maximum atomic E-state index is 12.6. The van der Waals surface area contributed by atoms with E-state index in [2.05, 4.69) is 25.1 Å². The van der Waals surface area contributed by atoms with Gasteiger partial charge in [-0.3, -0.25) is 9.59 Å². The first-order valence-corrected chi connectivity index (χ1v) is 9.60. The Labute approximate surface area is 149 Å². The van der Waals surface area contributed by atoms with E-state index in [1.54, 1.807) is 11.8 Å². The third-order valence-electron chi connectivity index (χ3n) is 4.37. The van der Waals surface area contributed by atoms with Crippen molar-refractivity contribution in [3.05, 3.63) is 35.4 Å². The van der Waals surface area contributed by atoms with Crippen LogP contribution in [0.1, 0.15) is 44.2 Å². The molecule has 0 bridgehead atoms. The average molecular weight is 349 g/mol. The predicted octanol–water partition coefficient (Wildman–Crippen LogP) is 3.46. The van der Waals surface area contributed by atoms with Crippen molar-refractivity contribution in [3.63, 3.8) is 0 Å². The van der Waals surface area contributed by atoms with Gasteiger partial charge in [0.1, 0.15) is 5.37 Å². The molecule has 1 aromatic rings. The monoisotopic (exact) mass is 348 g/mol. The number of carbonyl (C=O) groups is 2. The molecule has 132 valence electrons. The average Bonchev–Trinajstić information content (AvgIpc) is 2.83. The largest absolute Gasteiger partial charge is 0.341 e. The molecule has 4 nitrogen and oxygen atoms in total. The van der Waals surface area contributed by atoms with Crippen LogP contribution in [0, 0.1) is 12.8 Å². The number of amides is 2. The van der Waals surface area contributed by atoms with Crippen LogP contribution in [0.5, 0.6) is 0 Å². The zero-order valence-corrected chi connectivity index (χ0v) is 16.1. The minimum absolute atomic E-state index is 0.0138. The number of likely N-dealkylation sites (N-methyl/N-ethyl adjacent to an activating group) is 1. The fraction of sp³-hybridized carbons (Fsp3) is 0.579. The highest BCUT2D eigenvalue weighted by molar-refractivity contribution is 8.01. The lowest BCUT2D eigenvalue weighted by Gasteiger charge is -2.29. The molecule has 5 heteroatoms. The summed E-state index contributed by atoms with van der Waals surface area (Å²) in [7, 11) is 0. The molecule has 1 aliphatic rings. The second-order valence-corrected chi connectivity index (χ2v) is 8.07. The van der Waals surface area contributed by atoms with E-state index in [4.69, 9.17) is 0 Å². The predicted molar refractivity (Wildman–Crippen MR) is 99.8 cm³/mol. The van der Waals surface area contributed by atoms with Crippen LogP contribution < -0.4 is 0 Å². The summed E-state index contributed by atoms with van der Waals surface area (Å²) in [6.07, 6.45) is 0. The summed E-state index contributed by atoms with van der Waals surface area (Å²) in [5.74, 6) is 0.302. The maximum Gasteiger partial charge on any atom is 0.236 e. The zero-order chi connectivity index (χ0) is 17.9. The second kappa shape index (κ2) is 8.06. The SMILES string of the molecule is CCN(CCN1C(=O)[C@H](C)S[C@H]1c1cccc(C)c1)C(=O)C(C)C. The summed E-state index contributed by atoms with van der Waals surface area (Å²) in [4.78, 5) is 28.6. The first-order valence-electron chi connectivity index (χ1n) is 8.66. The van der Waals surface area contributed by atoms with E-state index >= 15 is 0 Å². The van der Waals surface area contributed by atoms with E-state index in [-0.39, 0.29) is 28.4 Å². The van der Waals surface area contributed by atoms with Gasteiger partial charge in [-0.05, 0) is 26.3 Å². The maximum absolute atomic E-state index is 12.6. The van der Waals surface area contributed by atoms with Crippen molar-refractivity contribution in [1.29, 1.82) is 0 Å². The van der Waals surface area contributed by atoms with Gasteiger partial charge in [-0.1, -0.05) is 43.7 Å². The molecule has 0 unspecified atom stereocenters. The Bertz CT molecular complexity index is 603. The van der Waals surface area contributed by atoms with E-state index in [0.29, 0.717) is 19.6 Å².